The van der Waals surface area contributed by atoms with Crippen molar-refractivity contribution in [3.05, 3.63) is 24.3 Å². The molecule has 0 spiro atoms. The fourth-order valence-corrected chi connectivity index (χ4v) is 2.90. The van der Waals surface area contributed by atoms with E-state index in [1.165, 1.54) is 0 Å². The van der Waals surface area contributed by atoms with Crippen molar-refractivity contribution < 1.29 is 0 Å². The summed E-state index contributed by atoms with van der Waals surface area (Å²) >= 11 is 0. The zero-order valence-corrected chi connectivity index (χ0v) is 12.5. The Morgan fingerprint density at radius 3 is 2.68 bits per heavy atom. The third-order valence-electron chi connectivity index (χ3n) is 4.20. The highest BCUT2D eigenvalue weighted by Gasteiger charge is 2.24. The highest BCUT2D eigenvalue weighted by atomic mass is 15.3. The van der Waals surface area contributed by atoms with Crippen LogP contribution in [0.15, 0.2) is 24.3 Å². The Morgan fingerprint density at radius 2 is 1.91 bits per heavy atom. The zero-order valence-electron chi connectivity index (χ0n) is 12.5. The molecule has 0 saturated carbocycles. The van der Waals surface area contributed by atoms with Gasteiger partial charge in [0.25, 0.3) is 0 Å². The number of aromatic nitrogens is 4. The average molecular weight is 297 g/mol. The standard InChI is InChI=1S/C15H19N7/c1-21-6-8-22(9-7-21)15-12(13(16)19-20-15)14-17-10-4-2-3-5-11(10)18-14/h2-5H,6-9H2,1H3,(H,17,18)(H3,16,19,20). The van der Waals surface area contributed by atoms with E-state index in [9.17, 15) is 0 Å². The molecule has 1 saturated heterocycles. The lowest BCUT2D eigenvalue weighted by Gasteiger charge is -2.32. The predicted octanol–water partition coefficient (Wildman–Crippen LogP) is 1.29. The van der Waals surface area contributed by atoms with Crippen LogP contribution in [0.1, 0.15) is 0 Å². The number of anilines is 2. The summed E-state index contributed by atoms with van der Waals surface area (Å²) in [5, 5.41) is 7.31. The average Bonchev–Trinajstić information content (AvgIpc) is 3.11. The van der Waals surface area contributed by atoms with Crippen molar-refractivity contribution in [3.63, 3.8) is 0 Å². The molecule has 3 aromatic rings. The van der Waals surface area contributed by atoms with Crippen LogP contribution in [-0.4, -0.2) is 58.3 Å². The Kier molecular flexibility index (Phi) is 3.00. The number of nitrogen functional groups attached to an aromatic ring is 1. The van der Waals surface area contributed by atoms with E-state index in [-0.39, 0.29) is 0 Å². The molecule has 1 aliphatic heterocycles. The summed E-state index contributed by atoms with van der Waals surface area (Å²) in [6.45, 7) is 3.92. The van der Waals surface area contributed by atoms with Gasteiger partial charge in [0, 0.05) is 26.2 Å². The molecule has 0 bridgehead atoms. The first kappa shape index (κ1) is 13.1. The molecule has 0 atom stereocenters. The van der Waals surface area contributed by atoms with Gasteiger partial charge in [0.1, 0.15) is 17.2 Å². The van der Waals surface area contributed by atoms with E-state index >= 15 is 0 Å². The molecular formula is C15H19N7. The van der Waals surface area contributed by atoms with Gasteiger partial charge in [0.05, 0.1) is 11.0 Å². The molecule has 3 heterocycles. The molecule has 1 aliphatic rings. The number of piperazine rings is 1. The van der Waals surface area contributed by atoms with Crippen molar-refractivity contribution in [2.75, 3.05) is 43.9 Å². The number of H-pyrrole nitrogens is 2. The van der Waals surface area contributed by atoms with Gasteiger partial charge in [-0.05, 0) is 19.2 Å². The minimum atomic E-state index is 0.549. The third kappa shape index (κ3) is 2.10. The molecule has 4 rings (SSSR count). The number of nitrogens with one attached hydrogen (secondary N) is 2. The second-order valence-electron chi connectivity index (χ2n) is 5.73. The fourth-order valence-electron chi connectivity index (χ4n) is 2.90. The van der Waals surface area contributed by atoms with Gasteiger partial charge in [0.2, 0.25) is 0 Å². The van der Waals surface area contributed by atoms with Crippen LogP contribution in [-0.2, 0) is 0 Å². The van der Waals surface area contributed by atoms with E-state index in [0.29, 0.717) is 5.82 Å². The number of fused-ring (bicyclic) bond motifs is 1. The summed E-state index contributed by atoms with van der Waals surface area (Å²) in [6, 6.07) is 7.97. The quantitative estimate of drug-likeness (QED) is 0.663. The van der Waals surface area contributed by atoms with E-state index in [4.69, 9.17) is 5.73 Å². The number of benzene rings is 1. The second kappa shape index (κ2) is 5.03. The third-order valence-corrected chi connectivity index (χ3v) is 4.20. The van der Waals surface area contributed by atoms with Crippen molar-refractivity contribution in [2.45, 2.75) is 0 Å². The van der Waals surface area contributed by atoms with Crippen molar-refractivity contribution in [3.8, 4) is 11.4 Å². The summed E-state index contributed by atoms with van der Waals surface area (Å²) in [5.74, 6) is 2.19. The summed E-state index contributed by atoms with van der Waals surface area (Å²) < 4.78 is 0. The number of nitrogens with two attached hydrogens (primary N) is 1. The predicted molar refractivity (Wildman–Crippen MR) is 87.8 cm³/mol. The molecule has 22 heavy (non-hydrogen) atoms. The molecule has 4 N–H and O–H groups in total. The first-order chi connectivity index (χ1) is 10.7. The minimum Gasteiger partial charge on any atom is -0.383 e. The number of nitrogens with zero attached hydrogens (tertiary/aromatic N) is 4. The van der Waals surface area contributed by atoms with Crippen LogP contribution in [0.25, 0.3) is 22.4 Å². The molecule has 0 aliphatic carbocycles. The van der Waals surface area contributed by atoms with Gasteiger partial charge < -0.3 is 20.5 Å². The first-order valence-corrected chi connectivity index (χ1v) is 7.45. The highest BCUT2D eigenvalue weighted by Crippen LogP contribution is 2.33. The van der Waals surface area contributed by atoms with Gasteiger partial charge in [-0.15, -0.1) is 0 Å². The van der Waals surface area contributed by atoms with Gasteiger partial charge in [-0.1, -0.05) is 12.1 Å². The van der Waals surface area contributed by atoms with Crippen LogP contribution in [0.3, 0.4) is 0 Å². The lowest BCUT2D eigenvalue weighted by atomic mass is 10.2. The lowest BCUT2D eigenvalue weighted by molar-refractivity contribution is 0.312. The number of rotatable bonds is 2. The van der Waals surface area contributed by atoms with Crippen molar-refractivity contribution >= 4 is 22.7 Å². The first-order valence-electron chi connectivity index (χ1n) is 7.45. The Labute approximate surface area is 128 Å². The fraction of sp³-hybridized carbons (Fsp3) is 0.333. The number of aromatic amines is 2. The molecule has 0 unspecified atom stereocenters. The SMILES string of the molecule is CN1CCN(c2n[nH]c(N)c2-c2nc3ccccc3[nH]2)CC1. The van der Waals surface area contributed by atoms with E-state index in [1.807, 2.05) is 24.3 Å². The number of hydrogen-bond donors (Lipinski definition) is 3. The summed E-state index contributed by atoms with van der Waals surface area (Å²) in [4.78, 5) is 12.6. The van der Waals surface area contributed by atoms with Crippen LogP contribution in [0, 0.1) is 0 Å². The molecule has 1 aromatic carbocycles. The molecule has 7 heteroatoms. The molecule has 7 nitrogen and oxygen atoms in total. The molecule has 2 aromatic heterocycles. The molecule has 0 radical (unpaired) electrons. The number of para-hydroxylation sites is 2. The molecule has 0 amide bonds. The maximum Gasteiger partial charge on any atom is 0.163 e. The second-order valence-corrected chi connectivity index (χ2v) is 5.73. The van der Waals surface area contributed by atoms with Crippen molar-refractivity contribution in [1.29, 1.82) is 0 Å². The van der Waals surface area contributed by atoms with E-state index in [0.717, 1.165) is 54.4 Å². The number of imidazole rings is 1. The van der Waals surface area contributed by atoms with Gasteiger partial charge in [0.15, 0.2) is 5.82 Å². The number of hydrogen-bond acceptors (Lipinski definition) is 5. The van der Waals surface area contributed by atoms with Gasteiger partial charge in [-0.3, -0.25) is 5.10 Å². The van der Waals surface area contributed by atoms with Crippen molar-refractivity contribution in [2.24, 2.45) is 0 Å². The summed E-state index contributed by atoms with van der Waals surface area (Å²) in [5.41, 5.74) is 8.91. The van der Waals surface area contributed by atoms with Crippen LogP contribution in [0.4, 0.5) is 11.6 Å². The Bertz CT molecular complexity index is 762. The van der Waals surface area contributed by atoms with Gasteiger partial charge >= 0.3 is 0 Å². The van der Waals surface area contributed by atoms with E-state index in [1.54, 1.807) is 0 Å². The Balaban J connectivity index is 1.76. The van der Waals surface area contributed by atoms with Crippen molar-refractivity contribution in [1.82, 2.24) is 25.1 Å². The highest BCUT2D eigenvalue weighted by molar-refractivity contribution is 5.86. The maximum absolute atomic E-state index is 6.11. The summed E-state index contributed by atoms with van der Waals surface area (Å²) in [7, 11) is 2.14. The normalized spacial score (nSPS) is 16.5. The smallest absolute Gasteiger partial charge is 0.163 e. The van der Waals surface area contributed by atoms with Crippen LogP contribution >= 0.6 is 0 Å². The minimum absolute atomic E-state index is 0.549. The van der Waals surface area contributed by atoms with Gasteiger partial charge in [-0.2, -0.15) is 5.10 Å². The van der Waals surface area contributed by atoms with Crippen LogP contribution < -0.4 is 10.6 Å². The monoisotopic (exact) mass is 297 g/mol. The molecular weight excluding hydrogens is 278 g/mol. The van der Waals surface area contributed by atoms with Gasteiger partial charge in [-0.25, -0.2) is 4.98 Å². The Morgan fingerprint density at radius 1 is 1.14 bits per heavy atom. The Hall–Kier alpha value is -2.54. The topological polar surface area (TPSA) is 89.9 Å². The summed E-state index contributed by atoms with van der Waals surface area (Å²) in [6.07, 6.45) is 0. The lowest BCUT2D eigenvalue weighted by Crippen LogP contribution is -2.44. The van der Waals surface area contributed by atoms with Crippen LogP contribution in [0.5, 0.6) is 0 Å². The van der Waals surface area contributed by atoms with E-state index < -0.39 is 0 Å². The van der Waals surface area contributed by atoms with E-state index in [2.05, 4.69) is 37.0 Å². The maximum atomic E-state index is 6.11. The zero-order chi connectivity index (χ0) is 15.1. The molecule has 1 fully saturated rings. The molecule has 114 valence electrons. The largest absolute Gasteiger partial charge is 0.383 e. The van der Waals surface area contributed by atoms with Crippen LogP contribution in [0.2, 0.25) is 0 Å². The number of likely N-dealkylation sites (N-methyl/N-ethyl adjacent to an activating group) is 1.